The van der Waals surface area contributed by atoms with Gasteiger partial charge in [0.05, 0.1) is 0 Å². The van der Waals surface area contributed by atoms with Crippen LogP contribution in [0.25, 0.3) is 0 Å². The van der Waals surface area contributed by atoms with Crippen molar-refractivity contribution in [3.05, 3.63) is 64.2 Å². The molecule has 0 aliphatic heterocycles. The zero-order valence-corrected chi connectivity index (χ0v) is 12.1. The molecule has 0 saturated carbocycles. The quantitative estimate of drug-likeness (QED) is 0.858. The van der Waals surface area contributed by atoms with Gasteiger partial charge in [0.1, 0.15) is 0 Å². The van der Waals surface area contributed by atoms with Crippen LogP contribution in [0.1, 0.15) is 16.7 Å². The maximum atomic E-state index is 6.01. The number of nitrogen functional groups attached to an aromatic ring is 1. The fourth-order valence-electron chi connectivity index (χ4n) is 2.14. The van der Waals surface area contributed by atoms with Gasteiger partial charge in [-0.3, -0.25) is 4.90 Å². The van der Waals surface area contributed by atoms with E-state index in [0.29, 0.717) is 10.7 Å². The van der Waals surface area contributed by atoms with Crippen LogP contribution in [-0.4, -0.2) is 11.9 Å². The molecule has 0 aliphatic carbocycles. The summed E-state index contributed by atoms with van der Waals surface area (Å²) >= 11 is 6.01. The first-order valence-corrected chi connectivity index (χ1v) is 6.70. The van der Waals surface area contributed by atoms with Gasteiger partial charge in [0.15, 0.2) is 0 Å². The Morgan fingerprint density at radius 3 is 2.26 bits per heavy atom. The van der Waals surface area contributed by atoms with Crippen LogP contribution >= 0.6 is 11.6 Å². The van der Waals surface area contributed by atoms with Crippen molar-refractivity contribution in [3.63, 3.8) is 0 Å². The summed E-state index contributed by atoms with van der Waals surface area (Å²) in [6.45, 7) is 3.84. The molecular formula is C16H19ClN2. The van der Waals surface area contributed by atoms with E-state index in [1.807, 2.05) is 12.1 Å². The molecule has 0 spiro atoms. The largest absolute Gasteiger partial charge is 0.399 e. The topological polar surface area (TPSA) is 29.3 Å². The molecule has 2 rings (SSSR count). The van der Waals surface area contributed by atoms with Crippen LogP contribution < -0.4 is 5.73 Å². The Kier molecular flexibility index (Phi) is 4.46. The highest BCUT2D eigenvalue weighted by Gasteiger charge is 2.03. The molecule has 2 aromatic carbocycles. The van der Waals surface area contributed by atoms with Crippen molar-refractivity contribution in [1.29, 1.82) is 0 Å². The molecule has 0 bridgehead atoms. The Bertz CT molecular complexity index is 529. The van der Waals surface area contributed by atoms with E-state index in [2.05, 4.69) is 43.1 Å². The van der Waals surface area contributed by atoms with E-state index >= 15 is 0 Å². The first-order valence-electron chi connectivity index (χ1n) is 6.32. The highest BCUT2D eigenvalue weighted by atomic mass is 35.5. The molecule has 3 heteroatoms. The molecule has 2 aromatic rings. The average Bonchev–Trinajstić information content (AvgIpc) is 2.30. The molecule has 0 unspecified atom stereocenters. The predicted octanol–water partition coefficient (Wildman–Crippen LogP) is 3.86. The van der Waals surface area contributed by atoms with Crippen molar-refractivity contribution < 1.29 is 0 Å². The molecule has 0 fully saturated rings. The molecule has 0 radical (unpaired) electrons. The van der Waals surface area contributed by atoms with Gasteiger partial charge in [0.25, 0.3) is 0 Å². The van der Waals surface area contributed by atoms with Crippen LogP contribution in [0.5, 0.6) is 0 Å². The number of benzene rings is 2. The third kappa shape index (κ3) is 4.27. The Labute approximate surface area is 119 Å². The van der Waals surface area contributed by atoms with Gasteiger partial charge in [-0.15, -0.1) is 0 Å². The predicted molar refractivity (Wildman–Crippen MR) is 82.2 cm³/mol. The minimum atomic E-state index is 0.693. The number of nitrogens with two attached hydrogens (primary N) is 1. The van der Waals surface area contributed by atoms with Crippen molar-refractivity contribution in [2.75, 3.05) is 12.8 Å². The van der Waals surface area contributed by atoms with Crippen molar-refractivity contribution in [2.45, 2.75) is 20.0 Å². The lowest BCUT2D eigenvalue weighted by molar-refractivity contribution is 0.319. The molecule has 0 aromatic heterocycles. The number of hydrogen-bond donors (Lipinski definition) is 1. The Balaban J connectivity index is 2.00. The molecule has 0 atom stereocenters. The lowest BCUT2D eigenvalue weighted by Crippen LogP contribution is -2.17. The monoisotopic (exact) mass is 274 g/mol. The highest BCUT2D eigenvalue weighted by Crippen LogP contribution is 2.18. The van der Waals surface area contributed by atoms with E-state index in [9.17, 15) is 0 Å². The van der Waals surface area contributed by atoms with Gasteiger partial charge >= 0.3 is 0 Å². The first kappa shape index (κ1) is 13.9. The number of rotatable bonds is 4. The fraction of sp³-hybridized carbons (Fsp3) is 0.250. The SMILES string of the molecule is Cc1ccc(CN(C)Cc2cc(N)cc(Cl)c2)cc1. The first-order chi connectivity index (χ1) is 9.02. The van der Waals surface area contributed by atoms with E-state index < -0.39 is 0 Å². The highest BCUT2D eigenvalue weighted by molar-refractivity contribution is 6.30. The number of nitrogens with zero attached hydrogens (tertiary/aromatic N) is 1. The lowest BCUT2D eigenvalue weighted by atomic mass is 10.1. The summed E-state index contributed by atoms with van der Waals surface area (Å²) in [5.74, 6) is 0. The zero-order chi connectivity index (χ0) is 13.8. The van der Waals surface area contributed by atoms with Crippen molar-refractivity contribution >= 4 is 17.3 Å². The third-order valence-corrected chi connectivity index (χ3v) is 3.22. The summed E-state index contributed by atoms with van der Waals surface area (Å²) in [5, 5.41) is 0.693. The van der Waals surface area contributed by atoms with Gasteiger partial charge in [-0.05, 0) is 43.3 Å². The normalized spacial score (nSPS) is 10.9. The third-order valence-electron chi connectivity index (χ3n) is 3.01. The van der Waals surface area contributed by atoms with E-state index in [1.54, 1.807) is 6.07 Å². The van der Waals surface area contributed by atoms with Gasteiger partial charge in [0.2, 0.25) is 0 Å². The van der Waals surface area contributed by atoms with Crippen molar-refractivity contribution in [2.24, 2.45) is 0 Å². The Morgan fingerprint density at radius 1 is 1.00 bits per heavy atom. The fourth-order valence-corrected chi connectivity index (χ4v) is 2.41. The number of hydrogen-bond acceptors (Lipinski definition) is 2. The summed E-state index contributed by atoms with van der Waals surface area (Å²) in [7, 11) is 2.09. The molecule has 19 heavy (non-hydrogen) atoms. The summed E-state index contributed by atoms with van der Waals surface area (Å²) in [6.07, 6.45) is 0. The van der Waals surface area contributed by atoms with Gasteiger partial charge in [-0.1, -0.05) is 41.4 Å². The van der Waals surface area contributed by atoms with Gasteiger partial charge in [-0.25, -0.2) is 0 Å². The maximum Gasteiger partial charge on any atom is 0.0429 e. The van der Waals surface area contributed by atoms with Crippen molar-refractivity contribution in [1.82, 2.24) is 4.90 Å². The summed E-state index contributed by atoms with van der Waals surface area (Å²) < 4.78 is 0. The summed E-state index contributed by atoms with van der Waals surface area (Å²) in [4.78, 5) is 2.25. The molecular weight excluding hydrogens is 256 g/mol. The Hall–Kier alpha value is -1.51. The van der Waals surface area contributed by atoms with Crippen LogP contribution in [0.2, 0.25) is 5.02 Å². The molecule has 0 aliphatic rings. The molecule has 0 heterocycles. The summed E-state index contributed by atoms with van der Waals surface area (Å²) in [6, 6.07) is 14.3. The van der Waals surface area contributed by atoms with E-state index in [0.717, 1.165) is 18.7 Å². The average molecular weight is 275 g/mol. The molecule has 0 saturated heterocycles. The number of halogens is 1. The second-order valence-corrected chi connectivity index (χ2v) is 5.49. The Morgan fingerprint density at radius 2 is 1.63 bits per heavy atom. The van der Waals surface area contributed by atoms with E-state index in [4.69, 9.17) is 17.3 Å². The number of aryl methyl sites for hydroxylation is 1. The van der Waals surface area contributed by atoms with Crippen LogP contribution in [-0.2, 0) is 13.1 Å². The van der Waals surface area contributed by atoms with Gasteiger partial charge < -0.3 is 5.73 Å². The second kappa shape index (κ2) is 6.09. The van der Waals surface area contributed by atoms with Gasteiger partial charge in [0, 0.05) is 23.8 Å². The van der Waals surface area contributed by atoms with E-state index in [1.165, 1.54) is 11.1 Å². The van der Waals surface area contributed by atoms with Gasteiger partial charge in [-0.2, -0.15) is 0 Å². The molecule has 2 nitrogen and oxygen atoms in total. The van der Waals surface area contributed by atoms with Crippen molar-refractivity contribution in [3.8, 4) is 0 Å². The van der Waals surface area contributed by atoms with E-state index in [-0.39, 0.29) is 0 Å². The maximum absolute atomic E-state index is 6.01. The van der Waals surface area contributed by atoms with Crippen LogP contribution in [0, 0.1) is 6.92 Å². The molecule has 2 N–H and O–H groups in total. The molecule has 100 valence electrons. The number of anilines is 1. The minimum Gasteiger partial charge on any atom is -0.399 e. The van der Waals surface area contributed by atoms with Crippen LogP contribution in [0.15, 0.2) is 42.5 Å². The lowest BCUT2D eigenvalue weighted by Gasteiger charge is -2.17. The standard InChI is InChI=1S/C16H19ClN2/c1-12-3-5-13(6-4-12)10-19(2)11-14-7-15(17)9-16(18)8-14/h3-9H,10-11,18H2,1-2H3. The zero-order valence-electron chi connectivity index (χ0n) is 11.4. The van der Waals surface area contributed by atoms with Crippen LogP contribution in [0.3, 0.4) is 0 Å². The van der Waals surface area contributed by atoms with Crippen LogP contribution in [0.4, 0.5) is 5.69 Å². The molecule has 0 amide bonds. The second-order valence-electron chi connectivity index (χ2n) is 5.05. The smallest absolute Gasteiger partial charge is 0.0429 e. The minimum absolute atomic E-state index is 0.693. The summed E-state index contributed by atoms with van der Waals surface area (Å²) in [5.41, 5.74) is 10.2.